The predicted molar refractivity (Wildman–Crippen MR) is 84.3 cm³/mol. The van der Waals surface area contributed by atoms with E-state index in [-0.39, 0.29) is 11.8 Å². The van der Waals surface area contributed by atoms with Crippen LogP contribution in [-0.4, -0.2) is 16.4 Å². The Balaban J connectivity index is 1.74. The van der Waals surface area contributed by atoms with Gasteiger partial charge in [0.1, 0.15) is 5.69 Å². The first kappa shape index (κ1) is 13.9. The molecule has 0 saturated heterocycles. The number of nitrogens with one attached hydrogen (secondary N) is 2. The summed E-state index contributed by atoms with van der Waals surface area (Å²) in [6, 6.07) is 18.2. The first-order chi connectivity index (χ1) is 10.7. The fourth-order valence-electron chi connectivity index (χ4n) is 2.35. The van der Waals surface area contributed by atoms with E-state index in [1.54, 1.807) is 34.9 Å². The molecule has 0 aliphatic rings. The molecule has 3 aromatic rings. The Morgan fingerprint density at radius 3 is 2.23 bits per heavy atom. The van der Waals surface area contributed by atoms with Crippen LogP contribution in [0.5, 0.6) is 0 Å². The van der Waals surface area contributed by atoms with Crippen molar-refractivity contribution in [2.45, 2.75) is 0 Å². The molecule has 110 valence electrons. The number of fused-ring (bicyclic) bond motifs is 1. The second-order valence-electron chi connectivity index (χ2n) is 4.92. The van der Waals surface area contributed by atoms with Gasteiger partial charge in [-0.25, -0.2) is 0 Å². The van der Waals surface area contributed by atoms with Crippen molar-refractivity contribution in [3.05, 3.63) is 71.9 Å². The summed E-state index contributed by atoms with van der Waals surface area (Å²) in [4.78, 5) is 24.1. The van der Waals surface area contributed by atoms with Crippen LogP contribution in [0.4, 0.5) is 0 Å². The molecule has 2 N–H and O–H groups in total. The largest absolute Gasteiger partial charge is 0.340 e. The highest BCUT2D eigenvalue weighted by Crippen LogP contribution is 2.17. The van der Waals surface area contributed by atoms with Crippen molar-refractivity contribution in [3.8, 4) is 0 Å². The Morgan fingerprint density at radius 2 is 1.50 bits per heavy atom. The third-order valence-corrected chi connectivity index (χ3v) is 3.51. The fourth-order valence-corrected chi connectivity index (χ4v) is 2.35. The number of amides is 2. The van der Waals surface area contributed by atoms with E-state index >= 15 is 0 Å². The number of carbonyl (C=O) groups excluding carboxylic acids is 2. The van der Waals surface area contributed by atoms with Crippen molar-refractivity contribution in [2.75, 3.05) is 0 Å². The molecule has 0 aliphatic heterocycles. The number of para-hydroxylation sites is 1. The van der Waals surface area contributed by atoms with E-state index in [1.807, 2.05) is 37.4 Å². The van der Waals surface area contributed by atoms with Crippen molar-refractivity contribution in [2.24, 2.45) is 7.05 Å². The fraction of sp³-hybridized carbons (Fsp3) is 0.0588. The predicted octanol–water partition coefficient (Wildman–Crippen LogP) is 2.25. The van der Waals surface area contributed by atoms with Crippen molar-refractivity contribution in [1.29, 1.82) is 0 Å². The molecule has 0 aliphatic carbocycles. The first-order valence-electron chi connectivity index (χ1n) is 6.87. The molecule has 1 aromatic heterocycles. The second kappa shape index (κ2) is 5.73. The lowest BCUT2D eigenvalue weighted by Gasteiger charge is -2.08. The lowest BCUT2D eigenvalue weighted by molar-refractivity contribution is 0.0842. The van der Waals surface area contributed by atoms with Gasteiger partial charge in [0, 0.05) is 23.5 Å². The van der Waals surface area contributed by atoms with Crippen LogP contribution in [0, 0.1) is 0 Å². The summed E-state index contributed by atoms with van der Waals surface area (Å²) in [5.41, 5.74) is 6.78. The number of benzene rings is 2. The number of hydrazine groups is 1. The molecule has 1 heterocycles. The van der Waals surface area contributed by atoms with Crippen LogP contribution >= 0.6 is 0 Å². The molecule has 0 bridgehead atoms. The molecule has 5 nitrogen and oxygen atoms in total. The highest BCUT2D eigenvalue weighted by molar-refractivity contribution is 6.01. The van der Waals surface area contributed by atoms with Crippen LogP contribution in [0.2, 0.25) is 0 Å². The summed E-state index contributed by atoms with van der Waals surface area (Å²) < 4.78 is 1.79. The molecule has 0 saturated carbocycles. The molecule has 0 spiro atoms. The Hall–Kier alpha value is -3.08. The lowest BCUT2D eigenvalue weighted by atomic mass is 10.2. The van der Waals surface area contributed by atoms with Crippen LogP contribution in [0.15, 0.2) is 60.7 Å². The van der Waals surface area contributed by atoms with E-state index in [9.17, 15) is 9.59 Å². The Labute approximate surface area is 127 Å². The second-order valence-corrected chi connectivity index (χ2v) is 4.92. The third kappa shape index (κ3) is 2.56. The first-order valence-corrected chi connectivity index (χ1v) is 6.87. The maximum Gasteiger partial charge on any atom is 0.286 e. The minimum atomic E-state index is -0.358. The molecule has 0 radical (unpaired) electrons. The molecule has 2 amide bonds. The summed E-state index contributed by atoms with van der Waals surface area (Å²) in [7, 11) is 1.82. The van der Waals surface area contributed by atoms with Crippen LogP contribution in [0.1, 0.15) is 20.8 Å². The molecular weight excluding hydrogens is 278 g/mol. The van der Waals surface area contributed by atoms with Crippen molar-refractivity contribution >= 4 is 22.7 Å². The summed E-state index contributed by atoms with van der Waals surface area (Å²) >= 11 is 0. The molecule has 3 rings (SSSR count). The normalized spacial score (nSPS) is 10.4. The molecular formula is C17H15N3O2. The van der Waals surface area contributed by atoms with Crippen molar-refractivity contribution in [3.63, 3.8) is 0 Å². The minimum absolute atomic E-state index is 0.354. The molecule has 22 heavy (non-hydrogen) atoms. The van der Waals surface area contributed by atoms with E-state index in [2.05, 4.69) is 10.9 Å². The molecule has 0 unspecified atom stereocenters. The number of carbonyl (C=O) groups is 2. The maximum absolute atomic E-state index is 12.2. The quantitative estimate of drug-likeness (QED) is 0.712. The Bertz CT molecular complexity index is 837. The van der Waals surface area contributed by atoms with Crippen LogP contribution < -0.4 is 10.9 Å². The average Bonchev–Trinajstić information content (AvgIpc) is 2.90. The monoisotopic (exact) mass is 293 g/mol. The SMILES string of the molecule is Cn1c(C(=O)NNC(=O)c2ccccc2)cc2ccccc21. The Morgan fingerprint density at radius 1 is 0.864 bits per heavy atom. The number of hydrogen-bond donors (Lipinski definition) is 2. The highest BCUT2D eigenvalue weighted by Gasteiger charge is 2.14. The van der Waals surface area contributed by atoms with E-state index < -0.39 is 0 Å². The van der Waals surface area contributed by atoms with Crippen LogP contribution in [-0.2, 0) is 7.05 Å². The maximum atomic E-state index is 12.2. The zero-order valence-corrected chi connectivity index (χ0v) is 12.0. The number of aromatic nitrogens is 1. The van der Waals surface area contributed by atoms with E-state index in [4.69, 9.17) is 0 Å². The van der Waals surface area contributed by atoms with Gasteiger partial charge in [-0.15, -0.1) is 0 Å². The van der Waals surface area contributed by atoms with Gasteiger partial charge in [-0.2, -0.15) is 0 Å². The summed E-state index contributed by atoms with van der Waals surface area (Å²) in [6.45, 7) is 0. The summed E-state index contributed by atoms with van der Waals surface area (Å²) in [5, 5.41) is 0.976. The average molecular weight is 293 g/mol. The standard InChI is InChI=1S/C17H15N3O2/c1-20-14-10-6-5-9-13(14)11-15(20)17(22)19-18-16(21)12-7-3-2-4-8-12/h2-11H,1H3,(H,18,21)(H,19,22). The Kier molecular flexibility index (Phi) is 3.62. The van der Waals surface area contributed by atoms with Crippen molar-refractivity contribution < 1.29 is 9.59 Å². The van der Waals surface area contributed by atoms with E-state index in [0.29, 0.717) is 11.3 Å². The van der Waals surface area contributed by atoms with Gasteiger partial charge in [0.05, 0.1) is 0 Å². The highest BCUT2D eigenvalue weighted by atomic mass is 16.2. The van der Waals surface area contributed by atoms with Gasteiger partial charge in [-0.1, -0.05) is 36.4 Å². The molecule has 5 heteroatoms. The van der Waals surface area contributed by atoms with Gasteiger partial charge in [0.15, 0.2) is 0 Å². The smallest absolute Gasteiger partial charge is 0.286 e. The molecule has 0 fully saturated rings. The zero-order chi connectivity index (χ0) is 15.5. The van der Waals surface area contributed by atoms with Gasteiger partial charge >= 0.3 is 0 Å². The van der Waals surface area contributed by atoms with Gasteiger partial charge < -0.3 is 4.57 Å². The van der Waals surface area contributed by atoms with Crippen LogP contribution in [0.3, 0.4) is 0 Å². The topological polar surface area (TPSA) is 63.1 Å². The van der Waals surface area contributed by atoms with E-state index in [0.717, 1.165) is 10.9 Å². The number of rotatable bonds is 2. The van der Waals surface area contributed by atoms with Crippen molar-refractivity contribution in [1.82, 2.24) is 15.4 Å². The lowest BCUT2D eigenvalue weighted by Crippen LogP contribution is -2.42. The molecule has 2 aromatic carbocycles. The minimum Gasteiger partial charge on any atom is -0.340 e. The summed E-state index contributed by atoms with van der Waals surface area (Å²) in [6.07, 6.45) is 0. The number of aryl methyl sites for hydroxylation is 1. The van der Waals surface area contributed by atoms with Gasteiger partial charge in [0.25, 0.3) is 11.8 Å². The third-order valence-electron chi connectivity index (χ3n) is 3.51. The van der Waals surface area contributed by atoms with Gasteiger partial charge in [-0.3, -0.25) is 20.4 Å². The number of hydrogen-bond acceptors (Lipinski definition) is 2. The zero-order valence-electron chi connectivity index (χ0n) is 12.0. The molecule has 0 atom stereocenters. The van der Waals surface area contributed by atoms with Gasteiger partial charge in [0.2, 0.25) is 0 Å². The van der Waals surface area contributed by atoms with Gasteiger partial charge in [-0.05, 0) is 24.3 Å². The van der Waals surface area contributed by atoms with Crippen LogP contribution in [0.25, 0.3) is 10.9 Å². The summed E-state index contributed by atoms with van der Waals surface area (Å²) in [5.74, 6) is -0.712. The van der Waals surface area contributed by atoms with E-state index in [1.165, 1.54) is 0 Å². The number of nitrogens with zero attached hydrogens (tertiary/aromatic N) is 1.